The number of aliphatic hydroxyl groups excluding tert-OH is 1. The van der Waals surface area contributed by atoms with Crippen molar-refractivity contribution in [1.82, 2.24) is 19.7 Å². The molecule has 0 unspecified atom stereocenters. The molecule has 0 radical (unpaired) electrons. The first kappa shape index (κ1) is 9.74. The molecule has 2 aromatic heterocycles. The molecule has 0 bridgehead atoms. The van der Waals surface area contributed by atoms with E-state index >= 15 is 0 Å². The third-order valence-corrected chi connectivity index (χ3v) is 3.11. The van der Waals surface area contributed by atoms with E-state index in [1.54, 1.807) is 12.4 Å². The highest BCUT2D eigenvalue weighted by Crippen LogP contribution is 2.14. The first-order valence-electron chi connectivity index (χ1n) is 5.49. The van der Waals surface area contributed by atoms with Crippen molar-refractivity contribution in [3.05, 3.63) is 30.5 Å². The highest BCUT2D eigenvalue weighted by molar-refractivity contribution is 5.34. The number of imidazole rings is 1. The van der Waals surface area contributed by atoms with Crippen molar-refractivity contribution >= 4 is 5.65 Å². The number of nitrogens with one attached hydrogen (secondary N) is 1. The number of β-amino-alcohol motifs (C(OH)–C–C–N with tert-alkyl or cyclic N) is 1. The summed E-state index contributed by atoms with van der Waals surface area (Å²) in [6.45, 7) is 1.56. The van der Waals surface area contributed by atoms with Crippen LogP contribution >= 0.6 is 0 Å². The van der Waals surface area contributed by atoms with Crippen molar-refractivity contribution in [2.45, 2.75) is 12.5 Å². The first-order valence-corrected chi connectivity index (χ1v) is 5.49. The van der Waals surface area contributed by atoms with E-state index in [0.29, 0.717) is 6.54 Å². The van der Waals surface area contributed by atoms with Crippen LogP contribution in [0.1, 0.15) is 5.69 Å². The summed E-state index contributed by atoms with van der Waals surface area (Å²) in [6.07, 6.45) is 7.97. The third kappa shape index (κ3) is 1.68. The van der Waals surface area contributed by atoms with Gasteiger partial charge in [-0.05, 0) is 6.42 Å². The van der Waals surface area contributed by atoms with E-state index in [1.807, 2.05) is 16.8 Å². The van der Waals surface area contributed by atoms with Gasteiger partial charge in [0.05, 0.1) is 18.0 Å². The number of hydrogen-bond acceptors (Lipinski definition) is 4. The molecule has 0 aliphatic carbocycles. The van der Waals surface area contributed by atoms with Gasteiger partial charge in [0, 0.05) is 37.6 Å². The molecule has 84 valence electrons. The molecule has 0 aromatic carbocycles. The maximum absolute atomic E-state index is 9.71. The molecule has 2 aromatic rings. The SMILES string of the molecule is O[C@H]1CNC[C@H]1Cc1cn2ccnc2cn1. The van der Waals surface area contributed by atoms with Crippen LogP contribution in [0.25, 0.3) is 5.65 Å². The lowest BCUT2D eigenvalue weighted by Gasteiger charge is -2.12. The fourth-order valence-electron chi connectivity index (χ4n) is 2.17. The minimum Gasteiger partial charge on any atom is -0.391 e. The molecule has 3 heterocycles. The maximum atomic E-state index is 9.71. The second-order valence-electron chi connectivity index (χ2n) is 4.26. The fraction of sp³-hybridized carbons (Fsp3) is 0.455. The molecule has 0 spiro atoms. The van der Waals surface area contributed by atoms with Gasteiger partial charge in [0.1, 0.15) is 0 Å². The number of fused-ring (bicyclic) bond motifs is 1. The van der Waals surface area contributed by atoms with Crippen molar-refractivity contribution in [2.24, 2.45) is 5.92 Å². The Morgan fingerprint density at radius 3 is 3.19 bits per heavy atom. The Morgan fingerprint density at radius 1 is 1.44 bits per heavy atom. The molecule has 1 saturated heterocycles. The smallest absolute Gasteiger partial charge is 0.155 e. The van der Waals surface area contributed by atoms with Gasteiger partial charge in [0.15, 0.2) is 5.65 Å². The summed E-state index contributed by atoms with van der Waals surface area (Å²) in [6, 6.07) is 0. The van der Waals surface area contributed by atoms with E-state index in [9.17, 15) is 5.11 Å². The summed E-state index contributed by atoms with van der Waals surface area (Å²) in [5.74, 6) is 0.272. The number of aromatic nitrogens is 3. The Kier molecular flexibility index (Phi) is 2.34. The molecule has 0 amide bonds. The monoisotopic (exact) mass is 218 g/mol. The molecule has 1 fully saturated rings. The minimum absolute atomic E-state index is 0.250. The molecule has 2 N–H and O–H groups in total. The molecule has 1 aliphatic heterocycles. The highest BCUT2D eigenvalue weighted by Gasteiger charge is 2.25. The van der Waals surface area contributed by atoms with Crippen molar-refractivity contribution in [3.63, 3.8) is 0 Å². The topological polar surface area (TPSA) is 62.5 Å². The average molecular weight is 218 g/mol. The molecular weight excluding hydrogens is 204 g/mol. The Balaban J connectivity index is 1.83. The lowest BCUT2D eigenvalue weighted by molar-refractivity contribution is 0.147. The van der Waals surface area contributed by atoms with Crippen LogP contribution in [0.15, 0.2) is 24.8 Å². The second kappa shape index (κ2) is 3.84. The Bertz CT molecular complexity index is 495. The minimum atomic E-state index is -0.250. The second-order valence-corrected chi connectivity index (χ2v) is 4.26. The third-order valence-electron chi connectivity index (χ3n) is 3.11. The molecule has 5 nitrogen and oxygen atoms in total. The van der Waals surface area contributed by atoms with Crippen LogP contribution in [0.2, 0.25) is 0 Å². The first-order chi connectivity index (χ1) is 7.83. The predicted molar refractivity (Wildman–Crippen MR) is 59.1 cm³/mol. The molecule has 0 saturated carbocycles. The number of rotatable bonds is 2. The van der Waals surface area contributed by atoms with Crippen molar-refractivity contribution in [2.75, 3.05) is 13.1 Å². The van der Waals surface area contributed by atoms with Gasteiger partial charge >= 0.3 is 0 Å². The lowest BCUT2D eigenvalue weighted by atomic mass is 10.0. The normalized spacial score (nSPS) is 25.3. The van der Waals surface area contributed by atoms with Gasteiger partial charge in [-0.2, -0.15) is 0 Å². The Labute approximate surface area is 93.2 Å². The van der Waals surface area contributed by atoms with Crippen LogP contribution in [0.4, 0.5) is 0 Å². The predicted octanol–water partition coefficient (Wildman–Crippen LogP) is -0.148. The highest BCUT2D eigenvalue weighted by atomic mass is 16.3. The summed E-state index contributed by atoms with van der Waals surface area (Å²) in [5, 5.41) is 12.9. The van der Waals surface area contributed by atoms with Crippen LogP contribution in [-0.4, -0.2) is 38.7 Å². The zero-order chi connectivity index (χ0) is 11.0. The molecule has 2 atom stereocenters. The van der Waals surface area contributed by atoms with Crippen molar-refractivity contribution < 1.29 is 5.11 Å². The Morgan fingerprint density at radius 2 is 2.38 bits per heavy atom. The van der Waals surface area contributed by atoms with Gasteiger partial charge in [0.25, 0.3) is 0 Å². The number of hydrogen-bond donors (Lipinski definition) is 2. The summed E-state index contributed by atoms with van der Waals surface area (Å²) in [4.78, 5) is 8.50. The van der Waals surface area contributed by atoms with Crippen LogP contribution in [0, 0.1) is 5.92 Å². The van der Waals surface area contributed by atoms with Crippen molar-refractivity contribution in [3.8, 4) is 0 Å². The van der Waals surface area contributed by atoms with E-state index in [4.69, 9.17) is 0 Å². The van der Waals surface area contributed by atoms with Crippen LogP contribution < -0.4 is 5.32 Å². The van der Waals surface area contributed by atoms with Gasteiger partial charge in [-0.25, -0.2) is 4.98 Å². The molecule has 1 aliphatic rings. The van der Waals surface area contributed by atoms with Crippen LogP contribution in [-0.2, 0) is 6.42 Å². The largest absolute Gasteiger partial charge is 0.391 e. The zero-order valence-electron chi connectivity index (χ0n) is 8.87. The van der Waals surface area contributed by atoms with E-state index in [-0.39, 0.29) is 12.0 Å². The van der Waals surface area contributed by atoms with Gasteiger partial charge in [-0.3, -0.25) is 4.98 Å². The van der Waals surface area contributed by atoms with E-state index in [0.717, 1.165) is 24.3 Å². The number of aliphatic hydroxyl groups is 1. The standard InChI is InChI=1S/C11H14N4O/c16-10-5-12-4-8(10)3-9-7-15-2-1-13-11(15)6-14-9/h1-2,6-8,10,12,16H,3-5H2/t8-,10+/m1/s1. The maximum Gasteiger partial charge on any atom is 0.155 e. The average Bonchev–Trinajstić information content (AvgIpc) is 2.88. The molecular formula is C11H14N4O. The van der Waals surface area contributed by atoms with E-state index in [1.165, 1.54) is 0 Å². The number of nitrogens with zero attached hydrogens (tertiary/aromatic N) is 3. The molecule has 5 heteroatoms. The fourth-order valence-corrected chi connectivity index (χ4v) is 2.17. The molecule has 16 heavy (non-hydrogen) atoms. The Hall–Kier alpha value is -1.46. The van der Waals surface area contributed by atoms with Crippen LogP contribution in [0.5, 0.6) is 0 Å². The van der Waals surface area contributed by atoms with Gasteiger partial charge in [-0.1, -0.05) is 0 Å². The van der Waals surface area contributed by atoms with E-state index in [2.05, 4.69) is 15.3 Å². The summed E-state index contributed by atoms with van der Waals surface area (Å²) >= 11 is 0. The van der Waals surface area contributed by atoms with E-state index < -0.39 is 0 Å². The summed E-state index contributed by atoms with van der Waals surface area (Å²) < 4.78 is 1.96. The van der Waals surface area contributed by atoms with Gasteiger partial charge in [0.2, 0.25) is 0 Å². The lowest BCUT2D eigenvalue weighted by Crippen LogP contribution is -2.20. The van der Waals surface area contributed by atoms with Crippen LogP contribution in [0.3, 0.4) is 0 Å². The quantitative estimate of drug-likeness (QED) is 0.736. The summed E-state index contributed by atoms with van der Waals surface area (Å²) in [5.41, 5.74) is 1.85. The molecule has 3 rings (SSSR count). The van der Waals surface area contributed by atoms with Gasteiger partial charge < -0.3 is 14.8 Å². The van der Waals surface area contributed by atoms with Gasteiger partial charge in [-0.15, -0.1) is 0 Å². The summed E-state index contributed by atoms with van der Waals surface area (Å²) in [7, 11) is 0. The zero-order valence-corrected chi connectivity index (χ0v) is 8.87. The van der Waals surface area contributed by atoms with Crippen molar-refractivity contribution in [1.29, 1.82) is 0 Å².